The molecule has 0 radical (unpaired) electrons. The minimum Gasteiger partial charge on any atom is -0.476 e. The maximum absolute atomic E-state index is 13.1. The standard InChI is InChI=1S/C32H32ClN3O5/c33-25-13-8-12-23(17-25)26-14-5-4-11-24(26)21-41-31-18-28(32(38)39)35-36(31)19-30(37)34-27-15-6-7-16-29(27)40-20-22-9-2-1-3-10-22/h1-5,8-14,17-18,27,29H,6-7,15-16,19-21H2,(H,34,37)(H,38,39). The third-order valence-electron chi connectivity index (χ3n) is 7.14. The van der Waals surface area contributed by atoms with E-state index < -0.39 is 5.97 Å². The molecule has 0 aliphatic heterocycles. The van der Waals surface area contributed by atoms with E-state index in [0.717, 1.165) is 47.9 Å². The summed E-state index contributed by atoms with van der Waals surface area (Å²) in [5.74, 6) is -1.29. The van der Waals surface area contributed by atoms with Crippen LogP contribution in [0.2, 0.25) is 5.02 Å². The molecule has 1 saturated carbocycles. The van der Waals surface area contributed by atoms with Gasteiger partial charge in [-0.15, -0.1) is 0 Å². The van der Waals surface area contributed by atoms with E-state index in [1.165, 1.54) is 10.7 Å². The molecule has 0 saturated heterocycles. The number of carbonyl (C=O) groups is 2. The number of aromatic nitrogens is 2. The molecule has 1 heterocycles. The Morgan fingerprint density at radius 3 is 2.54 bits per heavy atom. The third kappa shape index (κ3) is 7.54. The highest BCUT2D eigenvalue weighted by molar-refractivity contribution is 6.30. The first kappa shape index (κ1) is 28.4. The molecule has 2 N–H and O–H groups in total. The lowest BCUT2D eigenvalue weighted by molar-refractivity contribution is -0.124. The molecule has 212 valence electrons. The molecule has 3 aromatic carbocycles. The van der Waals surface area contributed by atoms with Gasteiger partial charge in [0, 0.05) is 11.1 Å². The van der Waals surface area contributed by atoms with Gasteiger partial charge in [-0.1, -0.05) is 91.2 Å². The number of amides is 1. The van der Waals surface area contributed by atoms with Crippen molar-refractivity contribution in [2.45, 2.75) is 57.6 Å². The number of aromatic carboxylic acids is 1. The number of ether oxygens (including phenoxy) is 2. The molecule has 5 rings (SSSR count). The number of nitrogens with zero attached hydrogens (tertiary/aromatic N) is 2. The predicted octanol–water partition coefficient (Wildman–Crippen LogP) is 6.12. The third-order valence-corrected chi connectivity index (χ3v) is 7.38. The van der Waals surface area contributed by atoms with Crippen LogP contribution in [0.1, 0.15) is 47.3 Å². The number of benzene rings is 3. The molecule has 1 amide bonds. The molecule has 1 aliphatic rings. The topological polar surface area (TPSA) is 103 Å². The van der Waals surface area contributed by atoms with E-state index in [9.17, 15) is 14.7 Å². The lowest BCUT2D eigenvalue weighted by atomic mass is 9.92. The van der Waals surface area contributed by atoms with Crippen LogP contribution in [0.5, 0.6) is 5.88 Å². The molecule has 1 aliphatic carbocycles. The summed E-state index contributed by atoms with van der Waals surface area (Å²) in [5, 5.41) is 17.4. The Bertz CT molecular complexity index is 1490. The first-order valence-electron chi connectivity index (χ1n) is 13.7. The number of hydrogen-bond donors (Lipinski definition) is 2. The average molecular weight is 574 g/mol. The molecular formula is C32H32ClN3O5. The van der Waals surface area contributed by atoms with E-state index >= 15 is 0 Å². The number of halogens is 1. The monoisotopic (exact) mass is 573 g/mol. The van der Waals surface area contributed by atoms with Crippen molar-refractivity contribution in [1.29, 1.82) is 0 Å². The SMILES string of the molecule is O=C(Cn1nc(C(=O)O)cc1OCc1ccccc1-c1cccc(Cl)c1)NC1CCCCC1OCc1ccccc1. The van der Waals surface area contributed by atoms with Crippen molar-refractivity contribution in [2.24, 2.45) is 0 Å². The van der Waals surface area contributed by atoms with Crippen LogP contribution in [0.3, 0.4) is 0 Å². The van der Waals surface area contributed by atoms with Gasteiger partial charge in [0.1, 0.15) is 13.2 Å². The zero-order valence-electron chi connectivity index (χ0n) is 22.5. The van der Waals surface area contributed by atoms with Gasteiger partial charge >= 0.3 is 5.97 Å². The number of rotatable bonds is 11. The van der Waals surface area contributed by atoms with Gasteiger partial charge in [0.2, 0.25) is 11.8 Å². The van der Waals surface area contributed by atoms with Gasteiger partial charge in [-0.25, -0.2) is 9.48 Å². The normalized spacial score (nSPS) is 16.7. The van der Waals surface area contributed by atoms with Gasteiger partial charge in [0.25, 0.3) is 0 Å². The summed E-state index contributed by atoms with van der Waals surface area (Å²) in [6, 6.07) is 26.4. The summed E-state index contributed by atoms with van der Waals surface area (Å²) in [6.07, 6.45) is 3.62. The quantitative estimate of drug-likeness (QED) is 0.224. The number of carboxylic acid groups (broad SMARTS) is 1. The fourth-order valence-corrected chi connectivity index (χ4v) is 5.29. The Labute approximate surface area is 243 Å². The highest BCUT2D eigenvalue weighted by atomic mass is 35.5. The van der Waals surface area contributed by atoms with Crippen LogP contribution >= 0.6 is 11.6 Å². The van der Waals surface area contributed by atoms with Gasteiger partial charge in [0.15, 0.2) is 5.69 Å². The van der Waals surface area contributed by atoms with Crippen LogP contribution in [0.25, 0.3) is 11.1 Å². The van der Waals surface area contributed by atoms with E-state index in [1.54, 1.807) is 0 Å². The highest BCUT2D eigenvalue weighted by Gasteiger charge is 2.28. The molecule has 2 unspecified atom stereocenters. The summed E-state index contributed by atoms with van der Waals surface area (Å²) < 4.78 is 13.5. The Balaban J connectivity index is 1.26. The largest absolute Gasteiger partial charge is 0.476 e. The van der Waals surface area contributed by atoms with Crippen LogP contribution < -0.4 is 10.1 Å². The van der Waals surface area contributed by atoms with Crippen LogP contribution in [0.4, 0.5) is 0 Å². The van der Waals surface area contributed by atoms with Crippen molar-refractivity contribution < 1.29 is 24.2 Å². The molecule has 1 aromatic heterocycles. The first-order valence-corrected chi connectivity index (χ1v) is 14.1. The van der Waals surface area contributed by atoms with E-state index in [1.807, 2.05) is 78.9 Å². The number of hydrogen-bond acceptors (Lipinski definition) is 5. The number of nitrogens with one attached hydrogen (secondary N) is 1. The van der Waals surface area contributed by atoms with Crippen molar-refractivity contribution in [3.63, 3.8) is 0 Å². The van der Waals surface area contributed by atoms with E-state index in [-0.39, 0.29) is 42.8 Å². The molecule has 9 heteroatoms. The number of carbonyl (C=O) groups excluding carboxylic acids is 1. The molecule has 41 heavy (non-hydrogen) atoms. The van der Waals surface area contributed by atoms with Crippen molar-refractivity contribution >= 4 is 23.5 Å². The molecule has 1 fully saturated rings. The summed E-state index contributed by atoms with van der Waals surface area (Å²) in [6.45, 7) is 0.446. The minimum absolute atomic E-state index is 0.0983. The average Bonchev–Trinajstić information content (AvgIpc) is 3.39. The smallest absolute Gasteiger partial charge is 0.356 e. The molecule has 0 bridgehead atoms. The summed E-state index contributed by atoms with van der Waals surface area (Å²) in [5.41, 5.74) is 3.64. The minimum atomic E-state index is -1.20. The Hall–Kier alpha value is -4.14. The van der Waals surface area contributed by atoms with Crippen molar-refractivity contribution in [1.82, 2.24) is 15.1 Å². The lowest BCUT2D eigenvalue weighted by Crippen LogP contribution is -2.47. The van der Waals surface area contributed by atoms with Crippen molar-refractivity contribution in [3.8, 4) is 17.0 Å². The Kier molecular flexibility index (Phi) is 9.33. The van der Waals surface area contributed by atoms with Crippen LogP contribution in [-0.2, 0) is 29.3 Å². The second-order valence-electron chi connectivity index (χ2n) is 10.1. The molecule has 4 aromatic rings. The summed E-state index contributed by atoms with van der Waals surface area (Å²) in [4.78, 5) is 24.8. The van der Waals surface area contributed by atoms with Crippen molar-refractivity contribution in [3.05, 3.63) is 107 Å². The fourth-order valence-electron chi connectivity index (χ4n) is 5.10. The van der Waals surface area contributed by atoms with Gasteiger partial charge in [-0.2, -0.15) is 5.10 Å². The maximum atomic E-state index is 13.1. The lowest BCUT2D eigenvalue weighted by Gasteiger charge is -2.32. The van der Waals surface area contributed by atoms with Crippen LogP contribution in [0, 0.1) is 0 Å². The van der Waals surface area contributed by atoms with Crippen LogP contribution in [-0.4, -0.2) is 38.9 Å². The summed E-state index contributed by atoms with van der Waals surface area (Å²) in [7, 11) is 0. The fraction of sp³-hybridized carbons (Fsp3) is 0.281. The van der Waals surface area contributed by atoms with Gasteiger partial charge in [-0.05, 0) is 47.2 Å². The van der Waals surface area contributed by atoms with Gasteiger partial charge < -0.3 is 19.9 Å². The Morgan fingerprint density at radius 1 is 0.951 bits per heavy atom. The van der Waals surface area contributed by atoms with Gasteiger partial charge in [0.05, 0.1) is 18.8 Å². The highest BCUT2D eigenvalue weighted by Crippen LogP contribution is 2.28. The predicted molar refractivity (Wildman–Crippen MR) is 156 cm³/mol. The Morgan fingerprint density at radius 2 is 1.73 bits per heavy atom. The number of carboxylic acids is 1. The van der Waals surface area contributed by atoms with Crippen LogP contribution in [0.15, 0.2) is 84.9 Å². The molecule has 2 atom stereocenters. The summed E-state index contributed by atoms with van der Waals surface area (Å²) >= 11 is 6.20. The second kappa shape index (κ2) is 13.5. The second-order valence-corrected chi connectivity index (χ2v) is 10.5. The van der Waals surface area contributed by atoms with E-state index in [4.69, 9.17) is 21.1 Å². The zero-order valence-corrected chi connectivity index (χ0v) is 23.3. The molecule has 8 nitrogen and oxygen atoms in total. The molecule has 0 spiro atoms. The van der Waals surface area contributed by atoms with E-state index in [0.29, 0.717) is 11.6 Å². The van der Waals surface area contributed by atoms with Crippen molar-refractivity contribution in [2.75, 3.05) is 0 Å². The van der Waals surface area contributed by atoms with E-state index in [2.05, 4.69) is 10.4 Å². The molecular weight excluding hydrogens is 542 g/mol. The zero-order chi connectivity index (χ0) is 28.6. The van der Waals surface area contributed by atoms with Gasteiger partial charge in [-0.3, -0.25) is 4.79 Å². The maximum Gasteiger partial charge on any atom is 0.356 e. The first-order chi connectivity index (χ1) is 20.0.